The van der Waals surface area contributed by atoms with Crippen LogP contribution in [-0.2, 0) is 4.74 Å². The van der Waals surface area contributed by atoms with Crippen LogP contribution in [0.25, 0.3) is 0 Å². The number of nitrogens with one attached hydrogen (secondary N) is 1. The highest BCUT2D eigenvalue weighted by Gasteiger charge is 2.25. The number of anilines is 2. The number of piperazine rings is 1. The molecule has 0 radical (unpaired) electrons. The van der Waals surface area contributed by atoms with Gasteiger partial charge in [-0.15, -0.1) is 0 Å². The first-order valence-electron chi connectivity index (χ1n) is 12.4. The van der Waals surface area contributed by atoms with Crippen LogP contribution in [0.1, 0.15) is 44.9 Å². The van der Waals surface area contributed by atoms with Crippen molar-refractivity contribution in [1.82, 2.24) is 4.90 Å². The molecule has 1 heterocycles. The Morgan fingerprint density at radius 2 is 1.46 bits per heavy atom. The molecule has 8 heteroatoms. The van der Waals surface area contributed by atoms with Crippen molar-refractivity contribution in [2.75, 3.05) is 49.6 Å². The van der Waals surface area contributed by atoms with Gasteiger partial charge in [0.15, 0.2) is 0 Å². The van der Waals surface area contributed by atoms with Gasteiger partial charge in [0.05, 0.1) is 30.2 Å². The predicted octanol–water partition coefficient (Wildman–Crippen LogP) is 4.48. The van der Waals surface area contributed by atoms with Gasteiger partial charge in [0.25, 0.3) is 11.8 Å². The van der Waals surface area contributed by atoms with Crippen LogP contribution < -0.4 is 15.0 Å². The van der Waals surface area contributed by atoms with Crippen molar-refractivity contribution < 1.29 is 23.9 Å². The molecule has 0 saturated carbocycles. The standard InChI is InChI=1S/C29H31N3O5/c1-3-36-24-13-10-21(11-14-24)27(33)30-25-20-23(29(35)37-4-2)12-15-26(25)31-16-18-32(19-17-31)28(34)22-8-6-5-7-9-22/h5-15,20H,3-4,16-19H2,1-2H3,(H,30,33). The van der Waals surface area contributed by atoms with E-state index in [0.29, 0.717) is 60.9 Å². The molecule has 0 bridgehead atoms. The van der Waals surface area contributed by atoms with E-state index in [-0.39, 0.29) is 18.4 Å². The van der Waals surface area contributed by atoms with Gasteiger partial charge in [-0.05, 0) is 68.4 Å². The number of carbonyl (C=O) groups is 3. The van der Waals surface area contributed by atoms with Crippen molar-refractivity contribution >= 4 is 29.2 Å². The minimum Gasteiger partial charge on any atom is -0.494 e. The average molecular weight is 502 g/mol. The molecule has 1 N–H and O–H groups in total. The summed E-state index contributed by atoms with van der Waals surface area (Å²) in [5, 5.41) is 2.96. The van der Waals surface area contributed by atoms with E-state index >= 15 is 0 Å². The molecule has 1 aliphatic rings. The molecule has 4 rings (SSSR count). The molecule has 2 amide bonds. The van der Waals surface area contributed by atoms with E-state index in [4.69, 9.17) is 9.47 Å². The summed E-state index contributed by atoms with van der Waals surface area (Å²) >= 11 is 0. The predicted molar refractivity (Wildman–Crippen MR) is 143 cm³/mol. The van der Waals surface area contributed by atoms with Gasteiger partial charge in [0.2, 0.25) is 0 Å². The van der Waals surface area contributed by atoms with E-state index in [9.17, 15) is 14.4 Å². The lowest BCUT2D eigenvalue weighted by atomic mass is 10.1. The molecule has 37 heavy (non-hydrogen) atoms. The number of amides is 2. The third-order valence-electron chi connectivity index (χ3n) is 6.11. The molecule has 1 saturated heterocycles. The zero-order valence-electron chi connectivity index (χ0n) is 21.1. The largest absolute Gasteiger partial charge is 0.494 e. The fourth-order valence-corrected chi connectivity index (χ4v) is 4.23. The lowest BCUT2D eigenvalue weighted by Gasteiger charge is -2.37. The molecule has 0 aliphatic carbocycles. The van der Waals surface area contributed by atoms with Crippen molar-refractivity contribution in [3.05, 3.63) is 89.5 Å². The number of hydrogen-bond acceptors (Lipinski definition) is 6. The smallest absolute Gasteiger partial charge is 0.338 e. The van der Waals surface area contributed by atoms with Crippen molar-refractivity contribution in [2.24, 2.45) is 0 Å². The molecule has 0 spiro atoms. The summed E-state index contributed by atoms with van der Waals surface area (Å²) in [5.74, 6) is -0.0685. The Morgan fingerprint density at radius 1 is 0.784 bits per heavy atom. The first-order valence-corrected chi connectivity index (χ1v) is 12.4. The topological polar surface area (TPSA) is 88.2 Å². The summed E-state index contributed by atoms with van der Waals surface area (Å²) in [5.41, 5.74) is 2.77. The van der Waals surface area contributed by atoms with Gasteiger partial charge in [-0.25, -0.2) is 4.79 Å². The SMILES string of the molecule is CCOC(=O)c1ccc(N2CCN(C(=O)c3ccccc3)CC2)c(NC(=O)c2ccc(OCC)cc2)c1. The summed E-state index contributed by atoms with van der Waals surface area (Å²) in [7, 11) is 0. The number of hydrogen-bond donors (Lipinski definition) is 1. The van der Waals surface area contributed by atoms with Gasteiger partial charge in [-0.2, -0.15) is 0 Å². The van der Waals surface area contributed by atoms with Crippen molar-refractivity contribution in [3.63, 3.8) is 0 Å². The van der Waals surface area contributed by atoms with E-state index in [1.165, 1.54) is 0 Å². The fraction of sp³-hybridized carbons (Fsp3) is 0.276. The number of ether oxygens (including phenoxy) is 2. The highest BCUT2D eigenvalue weighted by Crippen LogP contribution is 2.30. The number of carbonyl (C=O) groups excluding carboxylic acids is 3. The van der Waals surface area contributed by atoms with Crippen molar-refractivity contribution in [1.29, 1.82) is 0 Å². The minimum absolute atomic E-state index is 0.00179. The van der Waals surface area contributed by atoms with Gasteiger partial charge >= 0.3 is 5.97 Å². The van der Waals surface area contributed by atoms with Gasteiger partial charge < -0.3 is 24.6 Å². The van der Waals surface area contributed by atoms with Crippen LogP contribution in [0.2, 0.25) is 0 Å². The summed E-state index contributed by atoms with van der Waals surface area (Å²) in [6.45, 7) is 6.70. The Kier molecular flexibility index (Phi) is 8.40. The van der Waals surface area contributed by atoms with Gasteiger partial charge in [-0.3, -0.25) is 9.59 Å². The summed E-state index contributed by atoms with van der Waals surface area (Å²) in [4.78, 5) is 42.3. The second-order valence-electron chi connectivity index (χ2n) is 8.51. The zero-order chi connectivity index (χ0) is 26.2. The molecule has 192 valence electrons. The highest BCUT2D eigenvalue weighted by atomic mass is 16.5. The average Bonchev–Trinajstić information content (AvgIpc) is 2.94. The molecule has 0 unspecified atom stereocenters. The van der Waals surface area contributed by atoms with Crippen LogP contribution >= 0.6 is 0 Å². The van der Waals surface area contributed by atoms with Gasteiger partial charge in [0, 0.05) is 37.3 Å². The Morgan fingerprint density at radius 3 is 2.11 bits per heavy atom. The normalized spacial score (nSPS) is 13.1. The molecule has 3 aromatic rings. The number of nitrogens with zero attached hydrogens (tertiary/aromatic N) is 2. The molecular weight excluding hydrogens is 470 g/mol. The molecule has 1 aliphatic heterocycles. The quantitative estimate of drug-likeness (QED) is 0.458. The molecule has 1 fully saturated rings. The zero-order valence-corrected chi connectivity index (χ0v) is 21.1. The van der Waals surface area contributed by atoms with Crippen LogP contribution in [0.4, 0.5) is 11.4 Å². The third-order valence-corrected chi connectivity index (χ3v) is 6.11. The maximum Gasteiger partial charge on any atom is 0.338 e. The maximum absolute atomic E-state index is 13.1. The summed E-state index contributed by atoms with van der Waals surface area (Å²) in [6, 6.07) is 21.3. The third kappa shape index (κ3) is 6.27. The van der Waals surface area contributed by atoms with Gasteiger partial charge in [0.1, 0.15) is 5.75 Å². The Labute approximate surface area is 216 Å². The monoisotopic (exact) mass is 501 g/mol. The van der Waals surface area contributed by atoms with Crippen LogP contribution in [-0.4, -0.2) is 62.1 Å². The Bertz CT molecular complexity index is 1240. The second kappa shape index (κ2) is 12.1. The summed E-state index contributed by atoms with van der Waals surface area (Å²) < 4.78 is 10.6. The van der Waals surface area contributed by atoms with E-state index in [1.54, 1.807) is 43.3 Å². The van der Waals surface area contributed by atoms with E-state index < -0.39 is 5.97 Å². The van der Waals surface area contributed by atoms with E-state index in [1.807, 2.05) is 48.2 Å². The van der Waals surface area contributed by atoms with Crippen LogP contribution in [0, 0.1) is 0 Å². The molecule has 3 aromatic carbocycles. The van der Waals surface area contributed by atoms with Crippen LogP contribution in [0.15, 0.2) is 72.8 Å². The molecular formula is C29H31N3O5. The first kappa shape index (κ1) is 25.8. The van der Waals surface area contributed by atoms with E-state index in [0.717, 1.165) is 5.69 Å². The van der Waals surface area contributed by atoms with Crippen LogP contribution in [0.3, 0.4) is 0 Å². The van der Waals surface area contributed by atoms with Gasteiger partial charge in [-0.1, -0.05) is 18.2 Å². The van der Waals surface area contributed by atoms with Crippen LogP contribution in [0.5, 0.6) is 5.75 Å². The number of benzene rings is 3. The number of esters is 1. The number of rotatable bonds is 8. The minimum atomic E-state index is -0.455. The molecule has 8 nitrogen and oxygen atoms in total. The van der Waals surface area contributed by atoms with Crippen molar-refractivity contribution in [2.45, 2.75) is 13.8 Å². The molecule has 0 aromatic heterocycles. The first-order chi connectivity index (χ1) is 18.0. The highest BCUT2D eigenvalue weighted by molar-refractivity contribution is 6.07. The maximum atomic E-state index is 13.1. The summed E-state index contributed by atoms with van der Waals surface area (Å²) in [6.07, 6.45) is 0. The lowest BCUT2D eigenvalue weighted by Crippen LogP contribution is -2.49. The lowest BCUT2D eigenvalue weighted by molar-refractivity contribution is 0.0526. The van der Waals surface area contributed by atoms with Crippen molar-refractivity contribution in [3.8, 4) is 5.75 Å². The fourth-order valence-electron chi connectivity index (χ4n) is 4.23. The Balaban J connectivity index is 1.53. The second-order valence-corrected chi connectivity index (χ2v) is 8.51. The Hall–Kier alpha value is -4.33. The molecule has 0 atom stereocenters. The van der Waals surface area contributed by atoms with E-state index in [2.05, 4.69) is 10.2 Å².